The Labute approximate surface area is 122 Å². The van der Waals surface area contributed by atoms with E-state index in [4.69, 9.17) is 0 Å². The van der Waals surface area contributed by atoms with Gasteiger partial charge in [-0.3, -0.25) is 0 Å². The fourth-order valence-electron chi connectivity index (χ4n) is 2.79. The van der Waals surface area contributed by atoms with Gasteiger partial charge in [-0.1, -0.05) is 0 Å². The predicted octanol–water partition coefficient (Wildman–Crippen LogP) is 1.23. The number of sulfonamides is 1. The molecule has 112 valence electrons. The first-order valence-electron chi connectivity index (χ1n) is 6.14. The molecule has 0 amide bonds. The second-order valence-electron chi connectivity index (χ2n) is 5.08. The SMILES string of the molecule is Cl.O=S(=O)(c1ccc(F)c(F)c1)N1C[C@H]2CNC[C@H]2C1. The van der Waals surface area contributed by atoms with Crippen molar-refractivity contribution >= 4 is 22.4 Å². The quantitative estimate of drug-likeness (QED) is 0.890. The van der Waals surface area contributed by atoms with E-state index in [0.717, 1.165) is 31.3 Å². The number of halogens is 3. The second kappa shape index (κ2) is 5.55. The molecule has 1 N–H and O–H groups in total. The lowest BCUT2D eigenvalue weighted by molar-refractivity contribution is 0.446. The van der Waals surface area contributed by atoms with Gasteiger partial charge in [0, 0.05) is 13.1 Å². The smallest absolute Gasteiger partial charge is 0.243 e. The van der Waals surface area contributed by atoms with Gasteiger partial charge in [-0.2, -0.15) is 4.31 Å². The summed E-state index contributed by atoms with van der Waals surface area (Å²) >= 11 is 0. The molecule has 0 unspecified atom stereocenters. The molecule has 4 nitrogen and oxygen atoms in total. The molecule has 2 aliphatic rings. The average molecular weight is 325 g/mol. The lowest BCUT2D eigenvalue weighted by Gasteiger charge is -2.17. The molecule has 2 atom stereocenters. The minimum Gasteiger partial charge on any atom is -0.316 e. The van der Waals surface area contributed by atoms with Crippen molar-refractivity contribution < 1.29 is 17.2 Å². The van der Waals surface area contributed by atoms with Crippen molar-refractivity contribution in [3.05, 3.63) is 29.8 Å². The standard InChI is InChI=1S/C12H14F2N2O2S.ClH/c13-11-2-1-10(3-12(11)14)19(17,18)16-6-8-4-15-5-9(8)7-16;/h1-3,8-9,15H,4-7H2;1H/t8-,9+;. The molecule has 2 fully saturated rings. The van der Waals surface area contributed by atoms with E-state index in [-0.39, 0.29) is 17.3 Å². The van der Waals surface area contributed by atoms with Crippen LogP contribution in [0.5, 0.6) is 0 Å². The number of hydrogen-bond donors (Lipinski definition) is 1. The molecule has 0 bridgehead atoms. The van der Waals surface area contributed by atoms with E-state index in [9.17, 15) is 17.2 Å². The zero-order valence-corrected chi connectivity index (χ0v) is 12.2. The molecule has 20 heavy (non-hydrogen) atoms. The van der Waals surface area contributed by atoms with Gasteiger partial charge in [-0.05, 0) is 43.1 Å². The van der Waals surface area contributed by atoms with Crippen LogP contribution in [0.15, 0.2) is 23.1 Å². The van der Waals surface area contributed by atoms with Crippen molar-refractivity contribution in [1.29, 1.82) is 0 Å². The number of benzene rings is 1. The van der Waals surface area contributed by atoms with Gasteiger partial charge in [-0.25, -0.2) is 17.2 Å². The van der Waals surface area contributed by atoms with Crippen molar-refractivity contribution in [2.75, 3.05) is 26.2 Å². The third-order valence-electron chi connectivity index (χ3n) is 3.88. The molecule has 0 spiro atoms. The minimum atomic E-state index is -3.72. The highest BCUT2D eigenvalue weighted by Crippen LogP contribution is 2.31. The normalized spacial score (nSPS) is 26.3. The lowest BCUT2D eigenvalue weighted by Crippen LogP contribution is -2.32. The maximum Gasteiger partial charge on any atom is 0.243 e. The Bertz CT molecular complexity index is 599. The van der Waals surface area contributed by atoms with Crippen LogP contribution in [0.25, 0.3) is 0 Å². The van der Waals surface area contributed by atoms with Crippen molar-refractivity contribution in [3.63, 3.8) is 0 Å². The summed E-state index contributed by atoms with van der Waals surface area (Å²) in [6.07, 6.45) is 0. The third-order valence-corrected chi connectivity index (χ3v) is 5.71. The van der Waals surface area contributed by atoms with E-state index in [1.165, 1.54) is 4.31 Å². The molecule has 0 radical (unpaired) electrons. The van der Waals surface area contributed by atoms with E-state index in [2.05, 4.69) is 5.32 Å². The Morgan fingerprint density at radius 1 is 1.10 bits per heavy atom. The van der Waals surface area contributed by atoms with E-state index in [0.29, 0.717) is 24.9 Å². The highest BCUT2D eigenvalue weighted by Gasteiger charge is 2.41. The third kappa shape index (κ3) is 2.55. The van der Waals surface area contributed by atoms with Crippen LogP contribution < -0.4 is 5.32 Å². The zero-order valence-electron chi connectivity index (χ0n) is 10.6. The summed E-state index contributed by atoms with van der Waals surface area (Å²) in [5.41, 5.74) is 0. The van der Waals surface area contributed by atoms with Crippen LogP contribution in [0, 0.1) is 23.5 Å². The van der Waals surface area contributed by atoms with Crippen LogP contribution in [0.4, 0.5) is 8.78 Å². The first-order chi connectivity index (χ1) is 8.98. The molecule has 1 aromatic rings. The Kier molecular flexibility index (Phi) is 4.34. The molecule has 0 saturated carbocycles. The van der Waals surface area contributed by atoms with E-state index >= 15 is 0 Å². The van der Waals surface area contributed by atoms with Crippen LogP contribution in [-0.4, -0.2) is 38.9 Å². The fraction of sp³-hybridized carbons (Fsp3) is 0.500. The summed E-state index contributed by atoms with van der Waals surface area (Å²) in [4.78, 5) is -0.181. The maximum atomic E-state index is 13.2. The molecule has 1 aromatic carbocycles. The van der Waals surface area contributed by atoms with Crippen molar-refractivity contribution in [1.82, 2.24) is 9.62 Å². The monoisotopic (exact) mass is 324 g/mol. The summed E-state index contributed by atoms with van der Waals surface area (Å²) in [6, 6.07) is 2.71. The number of fused-ring (bicyclic) bond motifs is 1. The van der Waals surface area contributed by atoms with Crippen molar-refractivity contribution in [2.24, 2.45) is 11.8 Å². The van der Waals surface area contributed by atoms with Crippen LogP contribution in [0.3, 0.4) is 0 Å². The molecule has 8 heteroatoms. The number of nitrogens with one attached hydrogen (secondary N) is 1. The largest absolute Gasteiger partial charge is 0.316 e. The minimum absolute atomic E-state index is 0. The molecule has 0 aromatic heterocycles. The molecule has 2 saturated heterocycles. The fourth-order valence-corrected chi connectivity index (χ4v) is 4.36. The first kappa shape index (κ1) is 15.6. The van der Waals surface area contributed by atoms with E-state index < -0.39 is 21.7 Å². The Balaban J connectivity index is 0.00000147. The highest BCUT2D eigenvalue weighted by molar-refractivity contribution is 7.89. The van der Waals surface area contributed by atoms with Crippen molar-refractivity contribution in [3.8, 4) is 0 Å². The van der Waals surface area contributed by atoms with E-state index in [1.54, 1.807) is 0 Å². The summed E-state index contributed by atoms with van der Waals surface area (Å²) in [6.45, 7) is 2.51. The Morgan fingerprint density at radius 2 is 1.70 bits per heavy atom. The average Bonchev–Trinajstić information content (AvgIpc) is 2.93. The summed E-state index contributed by atoms with van der Waals surface area (Å²) < 4.78 is 52.1. The number of rotatable bonds is 2. The van der Waals surface area contributed by atoms with Gasteiger partial charge in [-0.15, -0.1) is 12.4 Å². The Morgan fingerprint density at radius 3 is 2.25 bits per heavy atom. The van der Waals surface area contributed by atoms with Crippen LogP contribution >= 0.6 is 12.4 Å². The maximum absolute atomic E-state index is 13.2. The molecule has 2 aliphatic heterocycles. The summed E-state index contributed by atoms with van der Waals surface area (Å²) in [5.74, 6) is -1.54. The second-order valence-corrected chi connectivity index (χ2v) is 7.01. The summed E-state index contributed by atoms with van der Waals surface area (Å²) in [5, 5.41) is 3.22. The van der Waals surface area contributed by atoms with Gasteiger partial charge < -0.3 is 5.32 Å². The highest BCUT2D eigenvalue weighted by atomic mass is 35.5. The first-order valence-corrected chi connectivity index (χ1v) is 7.58. The molecular weight excluding hydrogens is 310 g/mol. The van der Waals surface area contributed by atoms with Gasteiger partial charge >= 0.3 is 0 Å². The summed E-state index contributed by atoms with van der Waals surface area (Å²) in [7, 11) is -3.72. The van der Waals surface area contributed by atoms with Gasteiger partial charge in [0.2, 0.25) is 10.0 Å². The topological polar surface area (TPSA) is 49.4 Å². The van der Waals surface area contributed by atoms with Crippen LogP contribution in [-0.2, 0) is 10.0 Å². The number of nitrogens with zero attached hydrogens (tertiary/aromatic N) is 1. The molecule has 0 aliphatic carbocycles. The van der Waals surface area contributed by atoms with Crippen LogP contribution in [0.1, 0.15) is 0 Å². The molecule has 2 heterocycles. The molecular formula is C12H15ClF2N2O2S. The van der Waals surface area contributed by atoms with Gasteiger partial charge in [0.05, 0.1) is 4.90 Å². The van der Waals surface area contributed by atoms with E-state index in [1.807, 2.05) is 0 Å². The molecule has 3 rings (SSSR count). The van der Waals surface area contributed by atoms with Crippen molar-refractivity contribution in [2.45, 2.75) is 4.90 Å². The Hall–Kier alpha value is -0.760. The zero-order chi connectivity index (χ0) is 13.6. The van der Waals surface area contributed by atoms with Gasteiger partial charge in [0.1, 0.15) is 0 Å². The number of hydrogen-bond acceptors (Lipinski definition) is 3. The van der Waals surface area contributed by atoms with Crippen LogP contribution in [0.2, 0.25) is 0 Å². The van der Waals surface area contributed by atoms with Gasteiger partial charge in [0.15, 0.2) is 11.6 Å². The predicted molar refractivity (Wildman–Crippen MR) is 72.2 cm³/mol. The van der Waals surface area contributed by atoms with Gasteiger partial charge in [0.25, 0.3) is 0 Å². The lowest BCUT2D eigenvalue weighted by atomic mass is 10.0.